The second kappa shape index (κ2) is 7.21. The molecule has 1 aliphatic rings. The topological polar surface area (TPSA) is 75.7 Å². The van der Waals surface area contributed by atoms with E-state index in [4.69, 9.17) is 4.84 Å². The normalized spacial score (nSPS) is 19.3. The van der Waals surface area contributed by atoms with Crippen LogP contribution in [0.3, 0.4) is 0 Å². The third-order valence-corrected chi connectivity index (χ3v) is 5.54. The van der Waals surface area contributed by atoms with Crippen molar-refractivity contribution in [3.8, 4) is 0 Å². The second-order valence-corrected chi connectivity index (χ2v) is 7.29. The molecule has 1 aromatic carbocycles. The quantitative estimate of drug-likeness (QED) is 0.636. The molecular weight excluding hydrogens is 304 g/mol. The van der Waals surface area contributed by atoms with E-state index >= 15 is 0 Å². The van der Waals surface area contributed by atoms with Crippen LogP contribution in [0.5, 0.6) is 0 Å². The number of carbonyl (C=O) groups is 1. The number of nitrogens with one attached hydrogen (secondary N) is 1. The highest BCUT2D eigenvalue weighted by molar-refractivity contribution is 7.89. The van der Waals surface area contributed by atoms with Crippen molar-refractivity contribution >= 4 is 15.9 Å². The van der Waals surface area contributed by atoms with Crippen LogP contribution in [-0.2, 0) is 19.7 Å². The summed E-state index contributed by atoms with van der Waals surface area (Å²) >= 11 is 0. The molecule has 0 aliphatic carbocycles. The number of hydrogen-bond acceptors (Lipinski definition) is 4. The lowest BCUT2D eigenvalue weighted by molar-refractivity contribution is -0.136. The van der Waals surface area contributed by atoms with E-state index in [1.165, 1.54) is 4.31 Å². The predicted octanol–water partition coefficient (Wildman–Crippen LogP) is 1.61. The van der Waals surface area contributed by atoms with Crippen LogP contribution in [-0.4, -0.2) is 37.8 Å². The van der Waals surface area contributed by atoms with Crippen LogP contribution in [0.1, 0.15) is 31.7 Å². The summed E-state index contributed by atoms with van der Waals surface area (Å²) in [6, 6.07) is 5.95. The van der Waals surface area contributed by atoms with Gasteiger partial charge >= 0.3 is 0 Å². The lowest BCUT2D eigenvalue weighted by Gasteiger charge is -2.23. The van der Waals surface area contributed by atoms with Crippen molar-refractivity contribution in [2.45, 2.75) is 44.0 Å². The number of rotatable bonds is 6. The molecule has 1 amide bonds. The van der Waals surface area contributed by atoms with E-state index in [0.717, 1.165) is 12.0 Å². The molecule has 1 heterocycles. The lowest BCUT2D eigenvalue weighted by atomic mass is 10.2. The number of amides is 1. The molecular formula is C15H22N2O4S. The molecule has 1 unspecified atom stereocenters. The first kappa shape index (κ1) is 16.9. The van der Waals surface area contributed by atoms with Crippen LogP contribution in [0.2, 0.25) is 0 Å². The highest BCUT2D eigenvalue weighted by Crippen LogP contribution is 2.26. The molecule has 0 spiro atoms. The van der Waals surface area contributed by atoms with E-state index < -0.39 is 22.0 Å². The second-order valence-electron chi connectivity index (χ2n) is 5.40. The maximum atomic E-state index is 12.7. The van der Waals surface area contributed by atoms with Gasteiger partial charge in [0.25, 0.3) is 5.91 Å². The molecule has 22 heavy (non-hydrogen) atoms. The molecule has 1 fully saturated rings. The Kier molecular flexibility index (Phi) is 5.55. The van der Waals surface area contributed by atoms with Gasteiger partial charge in [-0.15, -0.1) is 0 Å². The van der Waals surface area contributed by atoms with Gasteiger partial charge in [-0.25, -0.2) is 13.9 Å². The first-order valence-electron chi connectivity index (χ1n) is 7.47. The zero-order chi connectivity index (χ0) is 16.2. The van der Waals surface area contributed by atoms with Gasteiger partial charge in [0.05, 0.1) is 11.5 Å². The van der Waals surface area contributed by atoms with E-state index in [0.29, 0.717) is 26.0 Å². The van der Waals surface area contributed by atoms with Gasteiger partial charge in [-0.2, -0.15) is 4.31 Å². The summed E-state index contributed by atoms with van der Waals surface area (Å²) in [6.07, 6.45) is 1.94. The molecule has 0 aromatic heterocycles. The average molecular weight is 326 g/mol. The number of hydroxylamine groups is 1. The van der Waals surface area contributed by atoms with E-state index in [1.807, 2.05) is 13.8 Å². The van der Waals surface area contributed by atoms with E-state index in [9.17, 15) is 13.2 Å². The first-order chi connectivity index (χ1) is 10.5. The molecule has 1 saturated heterocycles. The molecule has 0 radical (unpaired) electrons. The highest BCUT2D eigenvalue weighted by atomic mass is 32.2. The van der Waals surface area contributed by atoms with Gasteiger partial charge in [-0.3, -0.25) is 9.63 Å². The van der Waals surface area contributed by atoms with Crippen LogP contribution in [0.25, 0.3) is 0 Å². The number of nitrogens with zero attached hydrogens (tertiary/aromatic N) is 1. The summed E-state index contributed by atoms with van der Waals surface area (Å²) in [6.45, 7) is 4.58. The molecule has 1 aliphatic heterocycles. The Labute approximate surface area is 131 Å². The van der Waals surface area contributed by atoms with Crippen LogP contribution < -0.4 is 5.48 Å². The Morgan fingerprint density at radius 1 is 1.36 bits per heavy atom. The Morgan fingerprint density at radius 3 is 2.68 bits per heavy atom. The molecule has 6 nitrogen and oxygen atoms in total. The first-order valence-corrected chi connectivity index (χ1v) is 8.91. The minimum absolute atomic E-state index is 0.215. The van der Waals surface area contributed by atoms with Gasteiger partial charge in [0.1, 0.15) is 6.04 Å². The minimum Gasteiger partial charge on any atom is -0.274 e. The van der Waals surface area contributed by atoms with Gasteiger partial charge in [-0.1, -0.05) is 24.6 Å². The van der Waals surface area contributed by atoms with Crippen LogP contribution in [0, 0.1) is 6.92 Å². The Balaban J connectivity index is 2.15. The molecule has 0 saturated carbocycles. The predicted molar refractivity (Wildman–Crippen MR) is 82.5 cm³/mol. The maximum Gasteiger partial charge on any atom is 0.261 e. The minimum atomic E-state index is -3.66. The molecule has 0 bridgehead atoms. The summed E-state index contributed by atoms with van der Waals surface area (Å²) < 4.78 is 26.7. The highest BCUT2D eigenvalue weighted by Gasteiger charge is 2.39. The Hall–Kier alpha value is -1.44. The summed E-state index contributed by atoms with van der Waals surface area (Å²) in [5, 5.41) is 0. The number of aryl methyl sites for hydroxylation is 1. The van der Waals surface area contributed by atoms with Gasteiger partial charge in [0, 0.05) is 6.54 Å². The summed E-state index contributed by atoms with van der Waals surface area (Å²) in [5.41, 5.74) is 3.33. The fourth-order valence-electron chi connectivity index (χ4n) is 2.43. The van der Waals surface area contributed by atoms with Crippen molar-refractivity contribution < 1.29 is 18.0 Å². The molecule has 1 atom stereocenters. The third kappa shape index (κ3) is 3.66. The van der Waals surface area contributed by atoms with E-state index in [2.05, 4.69) is 5.48 Å². The molecule has 7 heteroatoms. The SMILES string of the molecule is CCCONC(=O)C1CCCN1S(=O)(=O)c1ccc(C)cc1. The monoisotopic (exact) mass is 326 g/mol. The van der Waals surface area contributed by atoms with Crippen molar-refractivity contribution in [2.75, 3.05) is 13.2 Å². The van der Waals surface area contributed by atoms with Crippen LogP contribution >= 0.6 is 0 Å². The average Bonchev–Trinajstić information content (AvgIpc) is 2.98. The van der Waals surface area contributed by atoms with Gasteiger partial charge in [0.15, 0.2) is 0 Å². The maximum absolute atomic E-state index is 12.7. The van der Waals surface area contributed by atoms with Crippen molar-refractivity contribution in [3.05, 3.63) is 29.8 Å². The molecule has 1 N–H and O–H groups in total. The third-order valence-electron chi connectivity index (χ3n) is 3.61. The fourth-order valence-corrected chi connectivity index (χ4v) is 4.08. The van der Waals surface area contributed by atoms with Crippen molar-refractivity contribution in [3.63, 3.8) is 0 Å². The van der Waals surface area contributed by atoms with Gasteiger partial charge in [-0.05, 0) is 38.3 Å². The summed E-state index contributed by atoms with van der Waals surface area (Å²) in [4.78, 5) is 17.4. The molecule has 2 rings (SSSR count). The molecule has 1 aromatic rings. The zero-order valence-corrected chi connectivity index (χ0v) is 13.7. The van der Waals surface area contributed by atoms with Crippen molar-refractivity contribution in [2.24, 2.45) is 0 Å². The van der Waals surface area contributed by atoms with Crippen LogP contribution in [0.4, 0.5) is 0 Å². The standard InChI is InChI=1S/C15H22N2O4S/c1-3-11-21-16-15(18)14-5-4-10-17(14)22(19,20)13-8-6-12(2)7-9-13/h6-9,14H,3-5,10-11H2,1-2H3,(H,16,18). The smallest absolute Gasteiger partial charge is 0.261 e. The Morgan fingerprint density at radius 2 is 2.05 bits per heavy atom. The number of hydrogen-bond donors (Lipinski definition) is 1. The van der Waals surface area contributed by atoms with Crippen molar-refractivity contribution in [1.82, 2.24) is 9.79 Å². The lowest BCUT2D eigenvalue weighted by Crippen LogP contribution is -2.45. The Bertz CT molecular complexity index is 613. The van der Waals surface area contributed by atoms with Gasteiger partial charge in [0.2, 0.25) is 10.0 Å². The van der Waals surface area contributed by atoms with E-state index in [1.54, 1.807) is 24.3 Å². The van der Waals surface area contributed by atoms with Crippen LogP contribution in [0.15, 0.2) is 29.2 Å². The molecule has 122 valence electrons. The number of benzene rings is 1. The fraction of sp³-hybridized carbons (Fsp3) is 0.533. The summed E-state index contributed by atoms with van der Waals surface area (Å²) in [5.74, 6) is -0.401. The number of sulfonamides is 1. The zero-order valence-electron chi connectivity index (χ0n) is 12.9. The largest absolute Gasteiger partial charge is 0.274 e. The van der Waals surface area contributed by atoms with E-state index in [-0.39, 0.29) is 4.90 Å². The number of carbonyl (C=O) groups excluding carboxylic acids is 1. The van der Waals surface area contributed by atoms with Crippen molar-refractivity contribution in [1.29, 1.82) is 0 Å². The summed E-state index contributed by atoms with van der Waals surface area (Å²) in [7, 11) is -3.66. The van der Waals surface area contributed by atoms with Gasteiger partial charge < -0.3 is 0 Å².